The summed E-state index contributed by atoms with van der Waals surface area (Å²) in [6.07, 6.45) is 1.96. The number of nitrogens with zero attached hydrogens (tertiary/aromatic N) is 2. The summed E-state index contributed by atoms with van der Waals surface area (Å²) in [4.78, 5) is 4.54. The van der Waals surface area contributed by atoms with Crippen molar-refractivity contribution in [2.24, 2.45) is 0 Å². The largest absolute Gasteiger partial charge is 0.275 e. The van der Waals surface area contributed by atoms with Crippen molar-refractivity contribution in [2.75, 3.05) is 19.6 Å². The molecule has 0 fully saturated rings. The van der Waals surface area contributed by atoms with Crippen molar-refractivity contribution in [1.29, 1.82) is 0 Å². The van der Waals surface area contributed by atoms with Crippen LogP contribution in [-0.4, -0.2) is 24.6 Å². The van der Waals surface area contributed by atoms with Crippen LogP contribution in [0.4, 0.5) is 5.82 Å². The molecule has 1 aromatic heterocycles. The lowest BCUT2D eigenvalue weighted by Crippen LogP contribution is -2.49. The van der Waals surface area contributed by atoms with Crippen LogP contribution in [0, 0.1) is 6.92 Å². The average Bonchev–Trinajstić information content (AvgIpc) is 2.24. The highest BCUT2D eigenvalue weighted by Gasteiger charge is 2.25. The molecular weight excluding hydrogens is 172 g/mol. The molecule has 0 spiro atoms. The van der Waals surface area contributed by atoms with E-state index in [1.165, 1.54) is 11.4 Å². The second kappa shape index (κ2) is 4.56. The number of hydrogen-bond donors (Lipinski definition) is 0. The lowest BCUT2D eigenvalue weighted by Gasteiger charge is -2.33. The Kier molecular flexibility index (Phi) is 3.64. The number of quaternary nitrogens is 1. The Labute approximate surface area is 87.2 Å². The summed E-state index contributed by atoms with van der Waals surface area (Å²) in [5, 5.41) is 0. The van der Waals surface area contributed by atoms with E-state index in [1.807, 2.05) is 6.20 Å². The molecule has 2 nitrogen and oxygen atoms in total. The van der Waals surface area contributed by atoms with Gasteiger partial charge in [-0.1, -0.05) is 6.07 Å². The quantitative estimate of drug-likeness (QED) is 0.670. The Bertz CT molecular complexity index is 265. The van der Waals surface area contributed by atoms with Crippen LogP contribution in [0.5, 0.6) is 0 Å². The zero-order chi connectivity index (χ0) is 10.6. The molecule has 0 amide bonds. The minimum absolute atomic E-state index is 0.986. The molecule has 1 aromatic rings. The molecule has 1 heterocycles. The van der Waals surface area contributed by atoms with Gasteiger partial charge in [0.15, 0.2) is 0 Å². The highest BCUT2D eigenvalue weighted by atomic mass is 15.4. The van der Waals surface area contributed by atoms with Gasteiger partial charge in [0.05, 0.1) is 19.6 Å². The van der Waals surface area contributed by atoms with Gasteiger partial charge in [0.25, 0.3) is 0 Å². The third kappa shape index (κ3) is 1.95. The molecule has 0 atom stereocenters. The highest BCUT2D eigenvalue weighted by molar-refractivity contribution is 5.35. The van der Waals surface area contributed by atoms with Gasteiger partial charge in [0.2, 0.25) is 5.82 Å². The molecule has 1 rings (SSSR count). The lowest BCUT2D eigenvalue weighted by atomic mass is 10.2. The Balaban J connectivity index is 3.05. The molecule has 78 valence electrons. The van der Waals surface area contributed by atoms with Crippen LogP contribution in [0.1, 0.15) is 26.3 Å². The summed E-state index contributed by atoms with van der Waals surface area (Å²) in [7, 11) is 0. The Morgan fingerprint density at radius 3 is 2.00 bits per heavy atom. The molecule has 2 heteroatoms. The first-order valence-electron chi connectivity index (χ1n) is 5.47. The monoisotopic (exact) mass is 193 g/mol. The van der Waals surface area contributed by atoms with Crippen LogP contribution in [0.3, 0.4) is 0 Å². The van der Waals surface area contributed by atoms with Crippen molar-refractivity contribution in [3.63, 3.8) is 0 Å². The Hall–Kier alpha value is -0.890. The third-order valence-electron chi connectivity index (χ3n) is 3.20. The molecule has 14 heavy (non-hydrogen) atoms. The Morgan fingerprint density at radius 1 is 1.07 bits per heavy atom. The van der Waals surface area contributed by atoms with E-state index in [4.69, 9.17) is 0 Å². The van der Waals surface area contributed by atoms with Crippen molar-refractivity contribution in [3.8, 4) is 0 Å². The van der Waals surface area contributed by atoms with Crippen LogP contribution in [0.2, 0.25) is 0 Å². The van der Waals surface area contributed by atoms with Gasteiger partial charge in [0, 0.05) is 12.3 Å². The first kappa shape index (κ1) is 11.2. The average molecular weight is 193 g/mol. The van der Waals surface area contributed by atoms with Crippen LogP contribution in [0.15, 0.2) is 18.3 Å². The summed E-state index contributed by atoms with van der Waals surface area (Å²) in [6.45, 7) is 12.1. The van der Waals surface area contributed by atoms with Gasteiger partial charge in [-0.2, -0.15) is 0 Å². The minimum Gasteiger partial charge on any atom is -0.275 e. The predicted octanol–water partition coefficient (Wildman–Crippen LogP) is 2.76. The van der Waals surface area contributed by atoms with E-state index in [1.54, 1.807) is 0 Å². The van der Waals surface area contributed by atoms with E-state index in [0.29, 0.717) is 0 Å². The smallest absolute Gasteiger partial charge is 0.227 e. The summed E-state index contributed by atoms with van der Waals surface area (Å²) in [5.41, 5.74) is 1.23. The minimum atomic E-state index is 0.986. The summed E-state index contributed by atoms with van der Waals surface area (Å²) >= 11 is 0. The molecule has 0 aliphatic rings. The van der Waals surface area contributed by atoms with Gasteiger partial charge < -0.3 is 0 Å². The standard InChI is InChI=1S/C12H21N2/c1-5-14(6-2,7-3)12-9-8-11(4)10-13-12/h8-10H,5-7H2,1-4H3/q+1. The van der Waals surface area contributed by atoms with E-state index in [9.17, 15) is 0 Å². The van der Waals surface area contributed by atoms with Crippen molar-refractivity contribution < 1.29 is 0 Å². The van der Waals surface area contributed by atoms with Crippen molar-refractivity contribution >= 4 is 5.82 Å². The number of rotatable bonds is 4. The zero-order valence-electron chi connectivity index (χ0n) is 9.75. The number of hydrogen-bond acceptors (Lipinski definition) is 1. The van der Waals surface area contributed by atoms with Crippen molar-refractivity contribution in [1.82, 2.24) is 9.47 Å². The molecule has 0 saturated carbocycles. The Morgan fingerprint density at radius 2 is 1.64 bits per heavy atom. The van der Waals surface area contributed by atoms with Gasteiger partial charge in [0.1, 0.15) is 0 Å². The molecule has 0 unspecified atom stereocenters. The van der Waals surface area contributed by atoms with Gasteiger partial charge in [-0.25, -0.2) is 4.98 Å². The first-order valence-corrected chi connectivity index (χ1v) is 5.47. The maximum absolute atomic E-state index is 4.54. The lowest BCUT2D eigenvalue weighted by molar-refractivity contribution is 0.308. The SMILES string of the molecule is CC[N+](CC)(CC)c1ccc(C)cn1. The van der Waals surface area contributed by atoms with Gasteiger partial charge in [-0.3, -0.25) is 4.48 Å². The van der Waals surface area contributed by atoms with Gasteiger partial charge in [-0.05, 0) is 33.3 Å². The van der Waals surface area contributed by atoms with E-state index in [-0.39, 0.29) is 0 Å². The highest BCUT2D eigenvalue weighted by Crippen LogP contribution is 2.19. The van der Waals surface area contributed by atoms with Crippen molar-refractivity contribution in [2.45, 2.75) is 27.7 Å². The fraction of sp³-hybridized carbons (Fsp3) is 0.583. The molecule has 0 radical (unpaired) electrons. The fourth-order valence-electron chi connectivity index (χ4n) is 1.90. The molecule has 0 aromatic carbocycles. The van der Waals surface area contributed by atoms with Gasteiger partial charge in [-0.15, -0.1) is 0 Å². The topological polar surface area (TPSA) is 12.9 Å². The molecule has 0 N–H and O–H groups in total. The molecular formula is C12H21N2+. The van der Waals surface area contributed by atoms with E-state index < -0.39 is 0 Å². The van der Waals surface area contributed by atoms with Crippen LogP contribution in [-0.2, 0) is 0 Å². The fourth-order valence-corrected chi connectivity index (χ4v) is 1.90. The normalized spacial score (nSPS) is 11.7. The van der Waals surface area contributed by atoms with E-state index in [2.05, 4.69) is 44.8 Å². The summed E-state index contributed by atoms with van der Waals surface area (Å²) in [5.74, 6) is 1.20. The van der Waals surface area contributed by atoms with Gasteiger partial charge >= 0.3 is 0 Å². The van der Waals surface area contributed by atoms with Crippen LogP contribution < -0.4 is 4.48 Å². The van der Waals surface area contributed by atoms with E-state index in [0.717, 1.165) is 24.1 Å². The molecule has 0 saturated heterocycles. The third-order valence-corrected chi connectivity index (χ3v) is 3.20. The summed E-state index contributed by atoms with van der Waals surface area (Å²) < 4.78 is 0.986. The maximum atomic E-state index is 4.54. The summed E-state index contributed by atoms with van der Waals surface area (Å²) in [6, 6.07) is 4.31. The first-order chi connectivity index (χ1) is 6.68. The second-order valence-electron chi connectivity index (χ2n) is 3.79. The van der Waals surface area contributed by atoms with Crippen LogP contribution >= 0.6 is 0 Å². The second-order valence-corrected chi connectivity index (χ2v) is 3.79. The molecule has 0 bridgehead atoms. The number of aryl methyl sites for hydroxylation is 1. The number of pyridine rings is 1. The van der Waals surface area contributed by atoms with Crippen LogP contribution in [0.25, 0.3) is 0 Å². The zero-order valence-corrected chi connectivity index (χ0v) is 9.75. The predicted molar refractivity (Wildman–Crippen MR) is 62.4 cm³/mol. The molecule has 0 aliphatic carbocycles. The number of aromatic nitrogens is 1. The molecule has 0 aliphatic heterocycles. The van der Waals surface area contributed by atoms with Crippen molar-refractivity contribution in [3.05, 3.63) is 23.9 Å². The van der Waals surface area contributed by atoms with E-state index >= 15 is 0 Å². The maximum Gasteiger partial charge on any atom is 0.227 e.